The van der Waals surface area contributed by atoms with Crippen LogP contribution in [0.2, 0.25) is 0 Å². The number of hydrogen-bond donors (Lipinski definition) is 1. The summed E-state index contributed by atoms with van der Waals surface area (Å²) in [6, 6.07) is 2.70. The van der Waals surface area contributed by atoms with Gasteiger partial charge in [-0.25, -0.2) is 4.39 Å². The monoisotopic (exact) mass is 233 g/mol. The second-order valence-electron chi connectivity index (χ2n) is 4.11. The third-order valence-electron chi connectivity index (χ3n) is 2.90. The Morgan fingerprint density at radius 1 is 1.25 bits per heavy atom. The van der Waals surface area contributed by atoms with E-state index < -0.39 is 17.6 Å². The first kappa shape index (κ1) is 11.4. The second kappa shape index (κ2) is 3.73. The Labute approximate surface area is 90.3 Å². The molecule has 0 amide bonds. The molecule has 0 radical (unpaired) electrons. The summed E-state index contributed by atoms with van der Waals surface area (Å²) in [5.41, 5.74) is 4.89. The number of benzene rings is 1. The molecule has 0 unspecified atom stereocenters. The highest BCUT2D eigenvalue weighted by atomic mass is 19.4. The van der Waals surface area contributed by atoms with Gasteiger partial charge in [-0.3, -0.25) is 0 Å². The molecule has 1 aliphatic carbocycles. The summed E-state index contributed by atoms with van der Waals surface area (Å²) in [5, 5.41) is 0. The minimum atomic E-state index is -4.50. The number of hydrogen-bond acceptors (Lipinski definition) is 1. The molecule has 0 spiro atoms. The quantitative estimate of drug-likeness (QED) is 0.781. The molecule has 0 aromatic heterocycles. The van der Waals surface area contributed by atoms with E-state index in [2.05, 4.69) is 0 Å². The van der Waals surface area contributed by atoms with Crippen molar-refractivity contribution in [2.24, 2.45) is 11.7 Å². The molecule has 2 N–H and O–H groups in total. The van der Waals surface area contributed by atoms with Gasteiger partial charge in [0, 0.05) is 0 Å². The molecule has 1 aromatic carbocycles. The van der Waals surface area contributed by atoms with Crippen molar-refractivity contribution < 1.29 is 17.6 Å². The largest absolute Gasteiger partial charge is 0.416 e. The van der Waals surface area contributed by atoms with Gasteiger partial charge in [-0.15, -0.1) is 0 Å². The molecule has 1 aromatic rings. The van der Waals surface area contributed by atoms with Gasteiger partial charge in [0.15, 0.2) is 0 Å². The normalized spacial score (nSPS) is 24.6. The summed E-state index contributed by atoms with van der Waals surface area (Å²) in [6.45, 7) is 0.433. The highest BCUT2D eigenvalue weighted by molar-refractivity contribution is 5.32. The van der Waals surface area contributed by atoms with Crippen molar-refractivity contribution in [3.05, 3.63) is 35.1 Å². The fourth-order valence-corrected chi connectivity index (χ4v) is 1.91. The van der Waals surface area contributed by atoms with Crippen molar-refractivity contribution in [2.75, 3.05) is 6.54 Å². The van der Waals surface area contributed by atoms with Crippen molar-refractivity contribution in [1.82, 2.24) is 0 Å². The number of nitrogens with two attached hydrogens (primary N) is 1. The van der Waals surface area contributed by atoms with E-state index >= 15 is 0 Å². The molecule has 0 heterocycles. The van der Waals surface area contributed by atoms with E-state index in [0.717, 1.165) is 18.6 Å². The van der Waals surface area contributed by atoms with Crippen LogP contribution in [0, 0.1) is 11.7 Å². The zero-order chi connectivity index (χ0) is 11.9. The Kier molecular flexibility index (Phi) is 2.66. The van der Waals surface area contributed by atoms with E-state index in [1.54, 1.807) is 0 Å². The standard InChI is InChI=1S/C11H11F4N/c12-9-2-6(10-3-7(10)5-16)1-8(4-9)11(13,14)15/h1-2,4,7,10H,3,5,16H2/t7-,10-/m0/s1. The Hall–Kier alpha value is -1.10. The molecule has 0 bridgehead atoms. The zero-order valence-electron chi connectivity index (χ0n) is 8.39. The number of rotatable bonds is 2. The first-order valence-electron chi connectivity index (χ1n) is 4.99. The lowest BCUT2D eigenvalue weighted by Crippen LogP contribution is -2.07. The van der Waals surface area contributed by atoms with Crippen LogP contribution in [0.5, 0.6) is 0 Å². The zero-order valence-corrected chi connectivity index (χ0v) is 8.39. The van der Waals surface area contributed by atoms with Crippen molar-refractivity contribution in [1.29, 1.82) is 0 Å². The van der Waals surface area contributed by atoms with Crippen LogP contribution >= 0.6 is 0 Å². The van der Waals surface area contributed by atoms with Crippen LogP contribution in [0.15, 0.2) is 18.2 Å². The summed E-state index contributed by atoms with van der Waals surface area (Å²) < 4.78 is 50.3. The Morgan fingerprint density at radius 3 is 2.44 bits per heavy atom. The Bertz CT molecular complexity index is 399. The van der Waals surface area contributed by atoms with Gasteiger partial charge in [-0.05, 0) is 48.6 Å². The number of halogens is 4. The molecule has 1 aliphatic rings. The minimum absolute atomic E-state index is 0.0122. The first-order valence-corrected chi connectivity index (χ1v) is 4.99. The van der Waals surface area contributed by atoms with E-state index in [1.165, 1.54) is 0 Å². The van der Waals surface area contributed by atoms with Gasteiger partial charge in [0.25, 0.3) is 0 Å². The molecule has 1 nitrogen and oxygen atoms in total. The lowest BCUT2D eigenvalue weighted by Gasteiger charge is -2.09. The maximum atomic E-state index is 13.0. The predicted octanol–water partition coefficient (Wildman–Crippen LogP) is 2.91. The van der Waals surface area contributed by atoms with E-state index in [0.29, 0.717) is 18.2 Å². The van der Waals surface area contributed by atoms with Gasteiger partial charge >= 0.3 is 6.18 Å². The van der Waals surface area contributed by atoms with Gasteiger partial charge in [0.1, 0.15) is 5.82 Å². The van der Waals surface area contributed by atoms with Crippen LogP contribution in [0.25, 0.3) is 0 Å². The molecular formula is C11H11F4N. The van der Waals surface area contributed by atoms with Crippen LogP contribution < -0.4 is 5.73 Å². The maximum Gasteiger partial charge on any atom is 0.416 e. The van der Waals surface area contributed by atoms with Gasteiger partial charge in [0.2, 0.25) is 0 Å². The molecule has 0 aliphatic heterocycles. The van der Waals surface area contributed by atoms with Gasteiger partial charge in [-0.1, -0.05) is 0 Å². The highest BCUT2D eigenvalue weighted by Gasteiger charge is 2.39. The Balaban J connectivity index is 2.31. The number of alkyl halides is 3. The van der Waals surface area contributed by atoms with Gasteiger partial charge in [0.05, 0.1) is 5.56 Å². The molecule has 1 fully saturated rings. The third kappa shape index (κ3) is 2.19. The van der Waals surface area contributed by atoms with Crippen LogP contribution in [0.4, 0.5) is 17.6 Å². The van der Waals surface area contributed by atoms with Crippen LogP contribution in [-0.4, -0.2) is 6.54 Å². The molecule has 0 saturated heterocycles. The molecule has 2 atom stereocenters. The van der Waals surface area contributed by atoms with Crippen molar-refractivity contribution in [2.45, 2.75) is 18.5 Å². The summed E-state index contributed by atoms with van der Waals surface area (Å²) in [7, 11) is 0. The SMILES string of the molecule is NC[C@@H]1C[C@H]1c1cc(F)cc(C(F)(F)F)c1. The molecule has 88 valence electrons. The van der Waals surface area contributed by atoms with E-state index in [-0.39, 0.29) is 11.8 Å². The Morgan fingerprint density at radius 2 is 1.94 bits per heavy atom. The molecular weight excluding hydrogens is 222 g/mol. The average Bonchev–Trinajstić information content (AvgIpc) is 2.94. The summed E-state index contributed by atoms with van der Waals surface area (Å²) in [6.07, 6.45) is -3.75. The van der Waals surface area contributed by atoms with Crippen LogP contribution in [-0.2, 0) is 6.18 Å². The van der Waals surface area contributed by atoms with Gasteiger partial charge in [-0.2, -0.15) is 13.2 Å². The first-order chi connectivity index (χ1) is 7.41. The molecule has 5 heteroatoms. The summed E-state index contributed by atoms with van der Waals surface area (Å²) in [4.78, 5) is 0. The minimum Gasteiger partial charge on any atom is -0.330 e. The second-order valence-corrected chi connectivity index (χ2v) is 4.11. The van der Waals surface area contributed by atoms with Crippen molar-refractivity contribution in [3.8, 4) is 0 Å². The average molecular weight is 233 g/mol. The van der Waals surface area contributed by atoms with Crippen molar-refractivity contribution >= 4 is 0 Å². The molecule has 16 heavy (non-hydrogen) atoms. The fourth-order valence-electron chi connectivity index (χ4n) is 1.91. The summed E-state index contributed by atoms with van der Waals surface area (Å²) >= 11 is 0. The van der Waals surface area contributed by atoms with Crippen molar-refractivity contribution in [3.63, 3.8) is 0 Å². The van der Waals surface area contributed by atoms with E-state index in [1.807, 2.05) is 0 Å². The fraction of sp³-hybridized carbons (Fsp3) is 0.455. The topological polar surface area (TPSA) is 26.0 Å². The lowest BCUT2D eigenvalue weighted by atomic mass is 10.0. The highest BCUT2D eigenvalue weighted by Crippen LogP contribution is 2.47. The van der Waals surface area contributed by atoms with Gasteiger partial charge < -0.3 is 5.73 Å². The van der Waals surface area contributed by atoms with E-state index in [9.17, 15) is 17.6 Å². The van der Waals surface area contributed by atoms with Crippen LogP contribution in [0.1, 0.15) is 23.5 Å². The smallest absolute Gasteiger partial charge is 0.330 e. The summed E-state index contributed by atoms with van der Waals surface area (Å²) in [5.74, 6) is -0.655. The molecule has 1 saturated carbocycles. The lowest BCUT2D eigenvalue weighted by molar-refractivity contribution is -0.137. The third-order valence-corrected chi connectivity index (χ3v) is 2.90. The predicted molar refractivity (Wildman–Crippen MR) is 51.3 cm³/mol. The van der Waals surface area contributed by atoms with Crippen LogP contribution in [0.3, 0.4) is 0 Å². The maximum absolute atomic E-state index is 13.0. The van der Waals surface area contributed by atoms with E-state index in [4.69, 9.17) is 5.73 Å². The molecule has 2 rings (SSSR count).